The van der Waals surface area contributed by atoms with Crippen molar-refractivity contribution < 1.29 is 19.1 Å². The number of carbonyl (C=O) groups is 3. The van der Waals surface area contributed by atoms with Crippen molar-refractivity contribution in [2.75, 3.05) is 19.7 Å². The summed E-state index contributed by atoms with van der Waals surface area (Å²) < 4.78 is 4.80. The average molecular weight is 296 g/mol. The first-order chi connectivity index (χ1) is 10.1. The van der Waals surface area contributed by atoms with Crippen LogP contribution in [-0.4, -0.2) is 48.4 Å². The third-order valence-corrected chi connectivity index (χ3v) is 4.23. The van der Waals surface area contributed by atoms with Gasteiger partial charge in [0.25, 0.3) is 0 Å². The van der Waals surface area contributed by atoms with Gasteiger partial charge in [0.05, 0.1) is 18.9 Å². The van der Waals surface area contributed by atoms with E-state index in [0.29, 0.717) is 25.6 Å². The van der Waals surface area contributed by atoms with Gasteiger partial charge in [0.1, 0.15) is 0 Å². The summed E-state index contributed by atoms with van der Waals surface area (Å²) >= 11 is 0. The maximum atomic E-state index is 12.0. The minimum atomic E-state index is -0.312. The SMILES string of the molecule is CCOC(=O)CCNC(=O)C1CC(=O)N(C2CCCC2)C1. The van der Waals surface area contributed by atoms with Gasteiger partial charge in [-0.25, -0.2) is 0 Å². The smallest absolute Gasteiger partial charge is 0.307 e. The molecule has 2 amide bonds. The van der Waals surface area contributed by atoms with Crippen molar-refractivity contribution in [3.63, 3.8) is 0 Å². The summed E-state index contributed by atoms with van der Waals surface area (Å²) in [7, 11) is 0. The molecule has 118 valence electrons. The number of likely N-dealkylation sites (tertiary alicyclic amines) is 1. The summed E-state index contributed by atoms with van der Waals surface area (Å²) in [5.41, 5.74) is 0. The first-order valence-electron chi connectivity index (χ1n) is 7.84. The molecule has 0 bridgehead atoms. The Labute approximate surface area is 125 Å². The molecule has 1 heterocycles. The quantitative estimate of drug-likeness (QED) is 0.737. The molecule has 2 aliphatic rings. The van der Waals surface area contributed by atoms with Gasteiger partial charge >= 0.3 is 5.97 Å². The lowest BCUT2D eigenvalue weighted by atomic mass is 10.1. The average Bonchev–Trinajstić information content (AvgIpc) is 3.07. The van der Waals surface area contributed by atoms with E-state index in [9.17, 15) is 14.4 Å². The van der Waals surface area contributed by atoms with Crippen molar-refractivity contribution in [3.05, 3.63) is 0 Å². The molecule has 6 heteroatoms. The second-order valence-corrected chi connectivity index (χ2v) is 5.73. The Bertz CT molecular complexity index is 404. The van der Waals surface area contributed by atoms with Gasteiger partial charge < -0.3 is 15.0 Å². The number of amides is 2. The van der Waals surface area contributed by atoms with Gasteiger partial charge in [0, 0.05) is 25.6 Å². The van der Waals surface area contributed by atoms with E-state index < -0.39 is 0 Å². The van der Waals surface area contributed by atoms with E-state index in [-0.39, 0.29) is 36.7 Å². The maximum absolute atomic E-state index is 12.0. The Balaban J connectivity index is 1.73. The largest absolute Gasteiger partial charge is 0.466 e. The van der Waals surface area contributed by atoms with E-state index in [1.807, 2.05) is 4.90 Å². The highest BCUT2D eigenvalue weighted by molar-refractivity contribution is 5.89. The molecular weight excluding hydrogens is 272 g/mol. The number of nitrogens with zero attached hydrogens (tertiary/aromatic N) is 1. The van der Waals surface area contributed by atoms with Crippen LogP contribution in [-0.2, 0) is 19.1 Å². The lowest BCUT2D eigenvalue weighted by Crippen LogP contribution is -2.37. The molecule has 0 aromatic carbocycles. The fourth-order valence-electron chi connectivity index (χ4n) is 3.14. The second-order valence-electron chi connectivity index (χ2n) is 5.73. The van der Waals surface area contributed by atoms with E-state index in [4.69, 9.17) is 4.74 Å². The van der Waals surface area contributed by atoms with Crippen LogP contribution in [0, 0.1) is 5.92 Å². The van der Waals surface area contributed by atoms with Crippen LogP contribution in [0.4, 0.5) is 0 Å². The predicted molar refractivity (Wildman–Crippen MR) is 76.3 cm³/mol. The highest BCUT2D eigenvalue weighted by atomic mass is 16.5. The van der Waals surface area contributed by atoms with Crippen LogP contribution < -0.4 is 5.32 Å². The molecule has 1 unspecified atom stereocenters. The number of rotatable bonds is 6. The Kier molecular flexibility index (Phi) is 5.59. The minimum Gasteiger partial charge on any atom is -0.466 e. The van der Waals surface area contributed by atoms with Crippen LogP contribution in [0.25, 0.3) is 0 Å². The molecule has 1 N–H and O–H groups in total. The number of hydrogen-bond acceptors (Lipinski definition) is 4. The molecule has 0 radical (unpaired) electrons. The summed E-state index contributed by atoms with van der Waals surface area (Å²) in [6.07, 6.45) is 4.93. The van der Waals surface area contributed by atoms with Crippen LogP contribution in [0.15, 0.2) is 0 Å². The van der Waals surface area contributed by atoms with E-state index in [2.05, 4.69) is 5.32 Å². The zero-order chi connectivity index (χ0) is 15.2. The van der Waals surface area contributed by atoms with Gasteiger partial charge in [-0.1, -0.05) is 12.8 Å². The number of esters is 1. The number of nitrogens with one attached hydrogen (secondary N) is 1. The molecule has 1 aliphatic heterocycles. The van der Waals surface area contributed by atoms with Crippen LogP contribution in [0.1, 0.15) is 45.4 Å². The van der Waals surface area contributed by atoms with Crippen LogP contribution in [0.2, 0.25) is 0 Å². The molecule has 2 rings (SSSR count). The highest BCUT2D eigenvalue weighted by Crippen LogP contribution is 2.29. The van der Waals surface area contributed by atoms with Gasteiger partial charge in [-0.15, -0.1) is 0 Å². The molecule has 0 aromatic heterocycles. The first kappa shape index (κ1) is 15.8. The van der Waals surface area contributed by atoms with E-state index in [1.165, 1.54) is 12.8 Å². The lowest BCUT2D eigenvalue weighted by Gasteiger charge is -2.23. The minimum absolute atomic E-state index is 0.0902. The lowest BCUT2D eigenvalue weighted by molar-refractivity contribution is -0.143. The number of hydrogen-bond donors (Lipinski definition) is 1. The Morgan fingerprint density at radius 1 is 1.33 bits per heavy atom. The van der Waals surface area contributed by atoms with Crippen molar-refractivity contribution in [2.24, 2.45) is 5.92 Å². The summed E-state index contributed by atoms with van der Waals surface area (Å²) in [6, 6.07) is 0.329. The molecule has 1 aliphatic carbocycles. The van der Waals surface area contributed by atoms with E-state index in [1.54, 1.807) is 6.92 Å². The third-order valence-electron chi connectivity index (χ3n) is 4.23. The van der Waals surface area contributed by atoms with Gasteiger partial charge in [-0.05, 0) is 19.8 Å². The maximum Gasteiger partial charge on any atom is 0.307 e. The molecule has 0 spiro atoms. The molecule has 6 nitrogen and oxygen atoms in total. The molecule has 1 atom stereocenters. The fraction of sp³-hybridized carbons (Fsp3) is 0.800. The van der Waals surface area contributed by atoms with Gasteiger partial charge in [-0.3, -0.25) is 14.4 Å². The summed E-state index contributed by atoms with van der Waals surface area (Å²) in [4.78, 5) is 37.1. The van der Waals surface area contributed by atoms with Crippen molar-refractivity contribution in [2.45, 2.75) is 51.5 Å². The molecule has 0 aromatic rings. The number of carbonyl (C=O) groups excluding carboxylic acids is 3. The van der Waals surface area contributed by atoms with Gasteiger partial charge in [0.15, 0.2) is 0 Å². The highest BCUT2D eigenvalue weighted by Gasteiger charge is 2.38. The normalized spacial score (nSPS) is 22.6. The van der Waals surface area contributed by atoms with Crippen molar-refractivity contribution in [1.29, 1.82) is 0 Å². The van der Waals surface area contributed by atoms with Crippen LogP contribution >= 0.6 is 0 Å². The van der Waals surface area contributed by atoms with Crippen LogP contribution in [0.5, 0.6) is 0 Å². The summed E-state index contributed by atoms with van der Waals surface area (Å²) in [5, 5.41) is 2.73. The molecule has 1 saturated heterocycles. The third kappa shape index (κ3) is 4.19. The van der Waals surface area contributed by atoms with Crippen LogP contribution in [0.3, 0.4) is 0 Å². The van der Waals surface area contributed by atoms with Crippen molar-refractivity contribution >= 4 is 17.8 Å². The van der Waals surface area contributed by atoms with Gasteiger partial charge in [0.2, 0.25) is 11.8 Å². The monoisotopic (exact) mass is 296 g/mol. The standard InChI is InChI=1S/C15H24N2O4/c1-2-21-14(19)7-8-16-15(20)11-9-13(18)17(10-11)12-5-3-4-6-12/h11-12H,2-10H2,1H3,(H,16,20). The zero-order valence-electron chi connectivity index (χ0n) is 12.6. The Hall–Kier alpha value is -1.59. The van der Waals surface area contributed by atoms with E-state index in [0.717, 1.165) is 12.8 Å². The zero-order valence-corrected chi connectivity index (χ0v) is 12.6. The predicted octanol–water partition coefficient (Wildman–Crippen LogP) is 0.847. The van der Waals surface area contributed by atoms with Crippen molar-refractivity contribution in [3.8, 4) is 0 Å². The molecular formula is C15H24N2O4. The topological polar surface area (TPSA) is 75.7 Å². The Morgan fingerprint density at radius 2 is 2.05 bits per heavy atom. The summed E-state index contributed by atoms with van der Waals surface area (Å²) in [5.74, 6) is -0.631. The van der Waals surface area contributed by atoms with E-state index >= 15 is 0 Å². The second kappa shape index (κ2) is 7.43. The first-order valence-corrected chi connectivity index (χ1v) is 7.84. The molecule has 2 fully saturated rings. The summed E-state index contributed by atoms with van der Waals surface area (Å²) in [6.45, 7) is 2.89. The van der Waals surface area contributed by atoms with Crippen molar-refractivity contribution in [1.82, 2.24) is 10.2 Å². The fourth-order valence-corrected chi connectivity index (χ4v) is 3.14. The number of ether oxygens (including phenoxy) is 1. The Morgan fingerprint density at radius 3 is 2.71 bits per heavy atom. The molecule has 21 heavy (non-hydrogen) atoms. The van der Waals surface area contributed by atoms with Gasteiger partial charge in [-0.2, -0.15) is 0 Å². The molecule has 1 saturated carbocycles.